The van der Waals surface area contributed by atoms with Crippen molar-refractivity contribution in [2.75, 3.05) is 44.7 Å². The predicted molar refractivity (Wildman–Crippen MR) is 354 cm³/mol. The number of hydrogen-bond acceptors (Lipinski definition) is 17. The van der Waals surface area contributed by atoms with Crippen LogP contribution in [0.1, 0.15) is 121 Å². The van der Waals surface area contributed by atoms with Crippen LogP contribution in [-0.2, 0) is 75.2 Å². The van der Waals surface area contributed by atoms with E-state index in [1.54, 1.807) is 80.8 Å². The summed E-state index contributed by atoms with van der Waals surface area (Å²) in [6, 6.07) is 4.12. The number of thioether (sulfide) groups is 1. The predicted octanol–water partition coefficient (Wildman–Crippen LogP) is -3.11. The van der Waals surface area contributed by atoms with E-state index in [-0.39, 0.29) is 83.0 Å². The number of rotatable bonds is 42. The highest BCUT2D eigenvalue weighted by Gasteiger charge is 2.42. The SMILES string of the molecule is CSCC[C@H](NC(=O)[C@@H](CC(C)C)NC(=O)CNC(=O)[C@H](Cc1ccccc1)NC(=O)[C@@H](Cc1ccccc1)NC(=O)[C@H](CCC(N)=O)NC(=O)[C@H](CCC(N)=O)NC(=O)[C@@H]1CCCN1C(=O)[C@@H](CCCCN)NC(=O)[C@@H]1CCCN1C(=O)[C@H](N)CCCN=C(N)N)C(=O)O. The van der Waals surface area contributed by atoms with Crippen LogP contribution >= 0.6 is 11.8 Å². The molecular formula is C63H97N17O14S. The second-order valence-electron chi connectivity index (χ2n) is 24.1. The minimum Gasteiger partial charge on any atom is -0.480 e. The molecule has 95 heavy (non-hydrogen) atoms. The number of carbonyl (C=O) groups excluding carboxylic acids is 12. The molecule has 0 unspecified atom stereocenters. The summed E-state index contributed by atoms with van der Waals surface area (Å²) in [4.78, 5) is 184. The maximum atomic E-state index is 14.7. The Morgan fingerprint density at radius 3 is 1.53 bits per heavy atom. The van der Waals surface area contributed by atoms with E-state index in [0.29, 0.717) is 55.4 Å². The van der Waals surface area contributed by atoms with Gasteiger partial charge in [-0.15, -0.1) is 0 Å². The molecule has 0 aliphatic carbocycles. The van der Waals surface area contributed by atoms with Gasteiger partial charge in [-0.05, 0) is 119 Å². The summed E-state index contributed by atoms with van der Waals surface area (Å²) in [5.41, 5.74) is 35.0. The minimum atomic E-state index is -1.65. The minimum absolute atomic E-state index is 0.0706. The Kier molecular flexibility index (Phi) is 33.9. The van der Waals surface area contributed by atoms with E-state index < -0.39 is 170 Å². The van der Waals surface area contributed by atoms with E-state index in [4.69, 9.17) is 34.4 Å². The van der Waals surface area contributed by atoms with Crippen molar-refractivity contribution in [1.29, 1.82) is 0 Å². The van der Waals surface area contributed by atoms with Crippen molar-refractivity contribution in [2.45, 2.75) is 183 Å². The number of likely N-dealkylation sites (tertiary alicyclic amines) is 2. The van der Waals surface area contributed by atoms with Crippen LogP contribution in [0.4, 0.5) is 0 Å². The lowest BCUT2D eigenvalue weighted by molar-refractivity contribution is -0.144. The van der Waals surface area contributed by atoms with Crippen molar-refractivity contribution in [3.8, 4) is 0 Å². The van der Waals surface area contributed by atoms with Gasteiger partial charge in [-0.1, -0.05) is 74.5 Å². The van der Waals surface area contributed by atoms with Gasteiger partial charge in [0.1, 0.15) is 54.4 Å². The van der Waals surface area contributed by atoms with Crippen molar-refractivity contribution in [2.24, 2.45) is 45.3 Å². The third kappa shape index (κ3) is 27.5. The molecule has 21 N–H and O–H groups in total. The number of aliphatic imine (C=N–C) groups is 1. The molecule has 0 radical (unpaired) electrons. The molecule has 10 atom stereocenters. The van der Waals surface area contributed by atoms with Gasteiger partial charge in [0, 0.05) is 45.3 Å². The molecule has 32 heteroatoms. The average Bonchev–Trinajstić information content (AvgIpc) is 1.74. The summed E-state index contributed by atoms with van der Waals surface area (Å²) in [6.45, 7) is 3.78. The Hall–Kier alpha value is -8.91. The fourth-order valence-corrected chi connectivity index (χ4v) is 11.5. The molecule has 31 nitrogen and oxygen atoms in total. The van der Waals surface area contributed by atoms with Crippen molar-refractivity contribution in [3.05, 3.63) is 71.8 Å². The van der Waals surface area contributed by atoms with E-state index in [1.807, 2.05) is 0 Å². The van der Waals surface area contributed by atoms with Gasteiger partial charge in [0.15, 0.2) is 5.96 Å². The Labute approximate surface area is 557 Å². The first-order valence-corrected chi connectivity index (χ1v) is 33.5. The molecule has 0 bridgehead atoms. The van der Waals surface area contributed by atoms with E-state index in [0.717, 1.165) is 0 Å². The first-order chi connectivity index (χ1) is 45.2. The normalized spacial score (nSPS) is 16.8. The number of aliphatic carboxylic acids is 1. The van der Waals surface area contributed by atoms with Crippen LogP contribution in [-0.4, -0.2) is 203 Å². The van der Waals surface area contributed by atoms with Crippen LogP contribution in [0, 0.1) is 5.92 Å². The number of nitrogens with zero attached hydrogens (tertiary/aromatic N) is 3. The number of benzene rings is 2. The van der Waals surface area contributed by atoms with E-state index in [9.17, 15) is 67.4 Å². The number of carboxylic acid groups (broad SMARTS) is 1. The number of carbonyl (C=O) groups is 13. The number of nitrogens with two attached hydrogens (primary N) is 6. The second-order valence-corrected chi connectivity index (χ2v) is 25.0. The summed E-state index contributed by atoms with van der Waals surface area (Å²) in [7, 11) is 0. The van der Waals surface area contributed by atoms with Crippen molar-refractivity contribution in [3.63, 3.8) is 0 Å². The topological polar surface area (TPSA) is 513 Å². The van der Waals surface area contributed by atoms with Crippen LogP contribution in [0.2, 0.25) is 0 Å². The Balaban J connectivity index is 1.56. The zero-order chi connectivity index (χ0) is 70.1. The Bertz CT molecular complexity index is 2960. The number of carboxylic acids is 1. The quantitative estimate of drug-likeness (QED) is 0.0178. The molecule has 2 aromatic carbocycles. The standard InChI is InChI=1S/C63H97N17O14S/c1-37(2)33-45(56(87)76-44(62(93)94)27-32-95-3)72-52(83)36-71-53(84)46(34-38-15-6-4-7-16-38)77-57(88)47(35-39-17-8-5-9-18-39)78-55(86)41(23-25-50(66)81)73-54(85)42(24-26-51(67)82)74-58(89)49-22-14-31-80(49)61(92)43(20-10-11-28-64)75-59(90)48-21-13-30-79(48)60(91)40(65)19-12-29-70-63(68)69/h4-9,15-18,37,40-49H,10-14,19-36,64-65H2,1-3H3,(H2,66,81)(H2,67,82)(H,71,84)(H,72,83)(H,73,85)(H,74,89)(H,75,90)(H,76,87)(H,77,88)(H,78,86)(H,93,94)(H4,68,69,70)/t40-,41+,42+,43-,44+,45-,46+,47-,48+,49+/m1/s1. The lowest BCUT2D eigenvalue weighted by Gasteiger charge is -2.32. The summed E-state index contributed by atoms with van der Waals surface area (Å²) >= 11 is 1.40. The van der Waals surface area contributed by atoms with Gasteiger partial charge < -0.3 is 91.8 Å². The number of nitrogens with one attached hydrogen (secondary N) is 8. The van der Waals surface area contributed by atoms with E-state index in [2.05, 4.69) is 47.5 Å². The first-order valence-electron chi connectivity index (χ1n) is 32.1. The van der Waals surface area contributed by atoms with Crippen molar-refractivity contribution >= 4 is 94.6 Å². The third-order valence-electron chi connectivity index (χ3n) is 16.0. The van der Waals surface area contributed by atoms with E-state index in [1.165, 1.54) is 21.6 Å². The lowest BCUT2D eigenvalue weighted by atomic mass is 10.0. The summed E-state index contributed by atoms with van der Waals surface area (Å²) in [5, 5.41) is 30.6. The van der Waals surface area contributed by atoms with E-state index >= 15 is 0 Å². The molecule has 2 fully saturated rings. The van der Waals surface area contributed by atoms with Gasteiger partial charge in [-0.25, -0.2) is 4.79 Å². The summed E-state index contributed by atoms with van der Waals surface area (Å²) in [6.07, 6.45) is 2.86. The summed E-state index contributed by atoms with van der Waals surface area (Å²) < 4.78 is 0. The second kappa shape index (κ2) is 41.0. The molecule has 2 aromatic rings. The lowest BCUT2D eigenvalue weighted by Crippen LogP contribution is -2.60. The smallest absolute Gasteiger partial charge is 0.326 e. The van der Waals surface area contributed by atoms with Gasteiger partial charge in [0.25, 0.3) is 0 Å². The molecule has 524 valence electrons. The van der Waals surface area contributed by atoms with Crippen LogP contribution in [0.25, 0.3) is 0 Å². The number of guanidine groups is 1. The average molecular weight is 1350 g/mol. The Morgan fingerprint density at radius 1 is 0.558 bits per heavy atom. The first kappa shape index (κ1) is 78.5. The zero-order valence-corrected chi connectivity index (χ0v) is 55.2. The molecule has 0 aromatic heterocycles. The number of primary amides is 2. The Morgan fingerprint density at radius 2 is 1.03 bits per heavy atom. The largest absolute Gasteiger partial charge is 0.480 e. The maximum absolute atomic E-state index is 14.7. The molecule has 0 spiro atoms. The molecule has 0 saturated carbocycles. The molecule has 2 heterocycles. The van der Waals surface area contributed by atoms with Crippen LogP contribution in [0.15, 0.2) is 65.7 Å². The molecule has 4 rings (SSSR count). The highest BCUT2D eigenvalue weighted by molar-refractivity contribution is 7.98. The van der Waals surface area contributed by atoms with Crippen LogP contribution in [0.5, 0.6) is 0 Å². The molecule has 2 aliphatic rings. The van der Waals surface area contributed by atoms with Gasteiger partial charge in [0.05, 0.1) is 12.6 Å². The number of amides is 12. The van der Waals surface area contributed by atoms with Crippen molar-refractivity contribution in [1.82, 2.24) is 52.3 Å². The highest BCUT2D eigenvalue weighted by Crippen LogP contribution is 2.24. The van der Waals surface area contributed by atoms with Crippen LogP contribution < -0.4 is 76.9 Å². The third-order valence-corrected chi connectivity index (χ3v) is 16.6. The molecule has 12 amide bonds. The fraction of sp³-hybridized carbons (Fsp3) is 0.587. The monoisotopic (exact) mass is 1350 g/mol. The van der Waals surface area contributed by atoms with Crippen molar-refractivity contribution < 1.29 is 67.4 Å². The fourth-order valence-electron chi connectivity index (χ4n) is 11.0. The summed E-state index contributed by atoms with van der Waals surface area (Å²) in [5.74, 6) is -10.6. The van der Waals surface area contributed by atoms with Gasteiger partial charge >= 0.3 is 5.97 Å². The van der Waals surface area contributed by atoms with Gasteiger partial charge in [0.2, 0.25) is 70.9 Å². The van der Waals surface area contributed by atoms with Gasteiger partial charge in [-0.3, -0.25) is 62.5 Å². The maximum Gasteiger partial charge on any atom is 0.326 e. The molecule has 2 aliphatic heterocycles. The molecular weight excluding hydrogens is 1250 g/mol. The zero-order valence-electron chi connectivity index (χ0n) is 54.4. The highest BCUT2D eigenvalue weighted by atomic mass is 32.2. The molecule has 2 saturated heterocycles. The number of hydrogen-bond donors (Lipinski definition) is 15. The number of unbranched alkanes of at least 4 members (excludes halogenated alkanes) is 1. The van der Waals surface area contributed by atoms with Gasteiger partial charge in [-0.2, -0.15) is 11.8 Å². The van der Waals surface area contributed by atoms with Crippen LogP contribution in [0.3, 0.4) is 0 Å².